The predicted octanol–water partition coefficient (Wildman–Crippen LogP) is 3.60. The number of nitrogens with one attached hydrogen (secondary N) is 1. The number of thiophene rings is 1. The number of hydrogen-bond acceptors (Lipinski definition) is 7. The smallest absolute Gasteiger partial charge is 0.227 e. The second-order valence-corrected chi connectivity index (χ2v) is 8.70. The van der Waals surface area contributed by atoms with Crippen molar-refractivity contribution >= 4 is 33.2 Å². The highest BCUT2D eigenvalue weighted by Gasteiger charge is 2.21. The minimum atomic E-state index is 0.470. The lowest BCUT2D eigenvalue weighted by Gasteiger charge is -2.32. The van der Waals surface area contributed by atoms with E-state index >= 15 is 0 Å². The molecular formula is C22H27N5OS. The summed E-state index contributed by atoms with van der Waals surface area (Å²) in [6.45, 7) is 6.49. The highest BCUT2D eigenvalue weighted by Crippen LogP contribution is 2.27. The van der Waals surface area contributed by atoms with Gasteiger partial charge in [0.05, 0.1) is 13.2 Å². The van der Waals surface area contributed by atoms with Crippen molar-refractivity contribution in [3.8, 4) is 0 Å². The van der Waals surface area contributed by atoms with Crippen LogP contribution in [0.15, 0.2) is 41.9 Å². The summed E-state index contributed by atoms with van der Waals surface area (Å²) in [7, 11) is 0. The van der Waals surface area contributed by atoms with Crippen LogP contribution in [-0.2, 0) is 11.3 Å². The van der Waals surface area contributed by atoms with E-state index in [1.54, 1.807) is 0 Å². The first kappa shape index (κ1) is 18.8. The number of fused-ring (bicyclic) bond motifs is 1. The lowest BCUT2D eigenvalue weighted by Crippen LogP contribution is -2.39. The molecule has 7 heteroatoms. The molecular weight excluding hydrogens is 382 g/mol. The van der Waals surface area contributed by atoms with Crippen LogP contribution in [0.2, 0.25) is 0 Å². The Morgan fingerprint density at radius 3 is 2.76 bits per heavy atom. The monoisotopic (exact) mass is 409 g/mol. The zero-order valence-electron chi connectivity index (χ0n) is 16.6. The van der Waals surface area contributed by atoms with Crippen molar-refractivity contribution in [2.24, 2.45) is 0 Å². The second-order valence-electron chi connectivity index (χ2n) is 7.79. The number of ether oxygens (including phenoxy) is 1. The van der Waals surface area contributed by atoms with Crippen LogP contribution in [0.5, 0.6) is 0 Å². The van der Waals surface area contributed by atoms with Gasteiger partial charge in [-0.25, -0.2) is 4.98 Å². The molecule has 2 saturated heterocycles. The first-order valence-corrected chi connectivity index (χ1v) is 11.3. The Morgan fingerprint density at radius 2 is 1.90 bits per heavy atom. The van der Waals surface area contributed by atoms with E-state index in [0.29, 0.717) is 6.04 Å². The molecule has 0 spiro atoms. The molecule has 0 radical (unpaired) electrons. The van der Waals surface area contributed by atoms with Crippen LogP contribution >= 0.6 is 11.3 Å². The maximum absolute atomic E-state index is 5.43. The summed E-state index contributed by atoms with van der Waals surface area (Å²) in [5.41, 5.74) is 1.46. The molecule has 0 atom stereocenters. The molecule has 2 aromatic heterocycles. The van der Waals surface area contributed by atoms with Crippen LogP contribution in [0.25, 0.3) is 10.1 Å². The van der Waals surface area contributed by atoms with E-state index in [4.69, 9.17) is 9.72 Å². The molecule has 152 valence electrons. The van der Waals surface area contributed by atoms with E-state index in [-0.39, 0.29) is 0 Å². The third-order valence-electron chi connectivity index (χ3n) is 5.83. The van der Waals surface area contributed by atoms with E-state index in [9.17, 15) is 0 Å². The van der Waals surface area contributed by atoms with Gasteiger partial charge in [0.1, 0.15) is 5.82 Å². The van der Waals surface area contributed by atoms with Crippen LogP contribution in [0.1, 0.15) is 18.4 Å². The quantitative estimate of drug-likeness (QED) is 0.695. The third kappa shape index (κ3) is 4.37. The summed E-state index contributed by atoms with van der Waals surface area (Å²) >= 11 is 1.85. The molecule has 0 amide bonds. The number of morpholine rings is 1. The highest BCUT2D eigenvalue weighted by molar-refractivity contribution is 7.17. The van der Waals surface area contributed by atoms with Crippen LogP contribution in [0.3, 0.4) is 0 Å². The van der Waals surface area contributed by atoms with Gasteiger partial charge in [-0.15, -0.1) is 11.3 Å². The van der Waals surface area contributed by atoms with Gasteiger partial charge < -0.3 is 15.0 Å². The Morgan fingerprint density at radius 1 is 1.07 bits per heavy atom. The van der Waals surface area contributed by atoms with Gasteiger partial charge in [0, 0.05) is 49.7 Å². The Kier molecular flexibility index (Phi) is 5.60. The Balaban J connectivity index is 1.16. The summed E-state index contributed by atoms with van der Waals surface area (Å²) in [6.07, 6.45) is 4.13. The number of nitrogens with zero attached hydrogens (tertiary/aromatic N) is 4. The molecule has 0 unspecified atom stereocenters. The molecule has 2 fully saturated rings. The predicted molar refractivity (Wildman–Crippen MR) is 119 cm³/mol. The molecule has 2 aliphatic rings. The number of likely N-dealkylation sites (tertiary alicyclic amines) is 1. The van der Waals surface area contributed by atoms with Crippen molar-refractivity contribution in [1.82, 2.24) is 14.9 Å². The third-order valence-corrected chi connectivity index (χ3v) is 6.84. The lowest BCUT2D eigenvalue weighted by molar-refractivity contribution is 0.122. The van der Waals surface area contributed by atoms with Crippen molar-refractivity contribution in [2.45, 2.75) is 25.4 Å². The SMILES string of the molecule is c1ccc2c(CN3CCC(Nc4ccnc(N5CCOCC5)n4)CC3)csc2c1. The highest BCUT2D eigenvalue weighted by atomic mass is 32.1. The molecule has 1 aromatic carbocycles. The molecule has 29 heavy (non-hydrogen) atoms. The summed E-state index contributed by atoms with van der Waals surface area (Å²) < 4.78 is 6.82. The van der Waals surface area contributed by atoms with Crippen molar-refractivity contribution in [3.63, 3.8) is 0 Å². The van der Waals surface area contributed by atoms with Crippen LogP contribution in [0.4, 0.5) is 11.8 Å². The standard InChI is InChI=1S/C22H27N5OS/c1-2-4-20-19(3-1)17(16-29-20)15-26-9-6-18(7-10-26)24-21-5-8-23-22(25-21)27-11-13-28-14-12-27/h1-5,8,16,18H,6-7,9-15H2,(H,23,24,25). The molecule has 3 aromatic rings. The second kappa shape index (κ2) is 8.65. The van der Waals surface area contributed by atoms with Crippen LogP contribution in [0, 0.1) is 0 Å². The fourth-order valence-electron chi connectivity index (χ4n) is 4.19. The number of hydrogen-bond donors (Lipinski definition) is 1. The topological polar surface area (TPSA) is 53.5 Å². The van der Waals surface area contributed by atoms with E-state index in [2.05, 4.69) is 49.7 Å². The van der Waals surface area contributed by atoms with Gasteiger partial charge in [-0.2, -0.15) is 4.98 Å². The molecule has 1 N–H and O–H groups in total. The normalized spacial score (nSPS) is 19.0. The van der Waals surface area contributed by atoms with E-state index < -0.39 is 0 Å². The van der Waals surface area contributed by atoms with E-state index in [0.717, 1.165) is 70.5 Å². The molecule has 0 bridgehead atoms. The van der Waals surface area contributed by atoms with Gasteiger partial charge in [0.25, 0.3) is 0 Å². The van der Waals surface area contributed by atoms with Gasteiger partial charge in [-0.3, -0.25) is 4.90 Å². The molecule has 6 nitrogen and oxygen atoms in total. The Hall–Kier alpha value is -2.22. The summed E-state index contributed by atoms with van der Waals surface area (Å²) in [4.78, 5) is 14.0. The van der Waals surface area contributed by atoms with Crippen LogP contribution in [-0.4, -0.2) is 60.3 Å². The van der Waals surface area contributed by atoms with Crippen molar-refractivity contribution in [1.29, 1.82) is 0 Å². The fraction of sp³-hybridized carbons (Fsp3) is 0.455. The maximum Gasteiger partial charge on any atom is 0.227 e. The van der Waals surface area contributed by atoms with E-state index in [1.165, 1.54) is 15.6 Å². The zero-order valence-corrected chi connectivity index (χ0v) is 17.4. The number of benzene rings is 1. The molecule has 4 heterocycles. The van der Waals surface area contributed by atoms with Gasteiger partial charge >= 0.3 is 0 Å². The molecule has 2 aliphatic heterocycles. The largest absolute Gasteiger partial charge is 0.378 e. The molecule has 0 saturated carbocycles. The summed E-state index contributed by atoms with van der Waals surface area (Å²) in [6, 6.07) is 11.2. The maximum atomic E-state index is 5.43. The molecule has 5 rings (SSSR count). The number of aromatic nitrogens is 2. The Labute approximate surface area is 175 Å². The minimum absolute atomic E-state index is 0.470. The number of rotatable bonds is 5. The van der Waals surface area contributed by atoms with Crippen molar-refractivity contribution in [2.75, 3.05) is 49.6 Å². The van der Waals surface area contributed by atoms with Gasteiger partial charge in [-0.1, -0.05) is 18.2 Å². The van der Waals surface area contributed by atoms with Crippen molar-refractivity contribution in [3.05, 3.63) is 47.5 Å². The van der Waals surface area contributed by atoms with Gasteiger partial charge in [-0.05, 0) is 41.3 Å². The zero-order chi connectivity index (χ0) is 19.5. The van der Waals surface area contributed by atoms with E-state index in [1.807, 2.05) is 23.6 Å². The number of piperidine rings is 1. The molecule has 0 aliphatic carbocycles. The minimum Gasteiger partial charge on any atom is -0.378 e. The first-order valence-electron chi connectivity index (χ1n) is 10.4. The summed E-state index contributed by atoms with van der Waals surface area (Å²) in [5.74, 6) is 1.74. The summed E-state index contributed by atoms with van der Waals surface area (Å²) in [5, 5.41) is 7.37. The average Bonchev–Trinajstić information content (AvgIpc) is 3.19. The fourth-order valence-corrected chi connectivity index (χ4v) is 5.14. The van der Waals surface area contributed by atoms with Crippen LogP contribution < -0.4 is 10.2 Å². The van der Waals surface area contributed by atoms with Crippen molar-refractivity contribution < 1.29 is 4.74 Å². The van der Waals surface area contributed by atoms with Gasteiger partial charge in [0.2, 0.25) is 5.95 Å². The van der Waals surface area contributed by atoms with Gasteiger partial charge in [0.15, 0.2) is 0 Å². The number of anilines is 2. The Bertz CT molecular complexity index is 947. The average molecular weight is 410 g/mol. The lowest BCUT2D eigenvalue weighted by atomic mass is 10.0. The first-order chi connectivity index (χ1) is 14.3.